The molecular weight excluding hydrogens is 1560 g/mol. The van der Waals surface area contributed by atoms with Gasteiger partial charge in [-0.05, 0) is 162 Å². The first kappa shape index (κ1) is 82.9. The van der Waals surface area contributed by atoms with E-state index in [1.807, 2.05) is 42.5 Å². The smallest absolute Gasteiger partial charge is 0.434 e. The van der Waals surface area contributed by atoms with Gasteiger partial charge in [0.05, 0.1) is 55.5 Å². The molecule has 0 fully saturated rings. The van der Waals surface area contributed by atoms with Crippen LogP contribution in [-0.2, 0) is 25.6 Å². The molecule has 0 unspecified atom stereocenters. The number of aromatic nitrogens is 6. The zero-order valence-electron chi connectivity index (χ0n) is 57.6. The van der Waals surface area contributed by atoms with Crippen molar-refractivity contribution in [1.82, 2.24) is 29.9 Å². The number of fused-ring (bicyclic) bond motifs is 3. The predicted octanol–water partition coefficient (Wildman–Crippen LogP) is 20.1. The van der Waals surface area contributed by atoms with Crippen molar-refractivity contribution in [2.45, 2.75) is 79.7 Å². The van der Waals surface area contributed by atoms with Crippen molar-refractivity contribution in [3.05, 3.63) is 240 Å². The molecule has 0 saturated carbocycles. The molecule has 7 N–H and O–H groups in total. The summed E-state index contributed by atoms with van der Waals surface area (Å²) in [7, 11) is -7.44. The molecule has 16 nitrogen and oxygen atoms in total. The molecule has 12 rings (SSSR count). The Morgan fingerprint density at radius 1 is 0.393 bits per heavy atom. The van der Waals surface area contributed by atoms with Crippen molar-refractivity contribution in [2.24, 2.45) is 5.14 Å². The number of nitrogens with two attached hydrogens (primary N) is 1. The molecule has 0 atom stereocenters. The number of nitrogens with one attached hydrogen (secondary N) is 4. The molecule has 3 aromatic heterocycles. The highest BCUT2D eigenvalue weighted by Crippen LogP contribution is 2.41. The van der Waals surface area contributed by atoms with Crippen LogP contribution in [0.15, 0.2) is 205 Å². The van der Waals surface area contributed by atoms with Crippen LogP contribution in [0.25, 0.3) is 103 Å². The molecular formula is C76H58F18N8O8S2. The fraction of sp³-hybridized carbons (Fsp3) is 0.171. The third-order valence-electron chi connectivity index (χ3n) is 15.9. The summed E-state index contributed by atoms with van der Waals surface area (Å²) >= 11 is 0. The van der Waals surface area contributed by atoms with E-state index in [2.05, 4.69) is 48.8 Å². The number of ether oxygens (including phenoxy) is 3. The van der Waals surface area contributed by atoms with Gasteiger partial charge in [0.1, 0.15) is 34.7 Å². The number of H-pyrrole nitrogens is 3. The van der Waals surface area contributed by atoms with E-state index >= 15 is 0 Å². The molecule has 588 valence electrons. The van der Waals surface area contributed by atoms with Gasteiger partial charge in [-0.25, -0.2) is 36.9 Å². The van der Waals surface area contributed by atoms with E-state index < -0.39 is 98.3 Å². The highest BCUT2D eigenvalue weighted by atomic mass is 32.2. The maximum Gasteiger partial charge on any atom is 0.434 e. The standard InChI is InChI=1S/C27H22F6N2O2.C25H19F6N3O3S.C24H17F6N3O3S/c1-25(2,36)20-6-4-3-5-19(20)17-10-13-21-22(15-17)35-23(34-21)14-9-16-7-11-18(12-8-16)37-24(26(28,29)30)27(31,32)33;1-38(35,36)34-19-5-3-2-4-18(19)16-9-12-20-21(14-16)33-22(32-20)13-8-15-6-10-17(11-7-15)37-23(24(26,27)28)25(29,30)31;25-23(26,27)22(24(28,29)30)36-16-9-5-14(6-10-16)7-12-21-32-18-11-8-15(13-19(18)33-21)17-3-1-2-4-20(17)37(31,34)35/h3-15,24,36H,1-2H3,(H,34,35);2-14,23,34H,1H3,(H,32,33);1-13,22H,(H,32,33)(H2,31,34,35)/b14-9+;13-8+;12-7+. The molecule has 9 aromatic carbocycles. The van der Waals surface area contributed by atoms with Gasteiger partial charge in [-0.2, -0.15) is 79.0 Å². The zero-order valence-corrected chi connectivity index (χ0v) is 59.2. The van der Waals surface area contributed by atoms with Gasteiger partial charge in [0.15, 0.2) is 0 Å². The predicted molar refractivity (Wildman–Crippen MR) is 385 cm³/mol. The van der Waals surface area contributed by atoms with E-state index in [4.69, 9.17) is 5.14 Å². The van der Waals surface area contributed by atoms with Gasteiger partial charge < -0.3 is 34.3 Å². The normalized spacial score (nSPS) is 13.1. The van der Waals surface area contributed by atoms with Gasteiger partial charge in [-0.3, -0.25) is 4.72 Å². The van der Waals surface area contributed by atoms with Crippen LogP contribution >= 0.6 is 0 Å². The van der Waals surface area contributed by atoms with Crippen LogP contribution in [0.1, 0.15) is 53.6 Å². The zero-order chi connectivity index (χ0) is 81.7. The number of benzene rings is 9. The number of hydrogen-bond donors (Lipinski definition) is 6. The molecule has 0 bridgehead atoms. The quantitative estimate of drug-likeness (QED) is 0.0416. The molecule has 3 heterocycles. The van der Waals surface area contributed by atoms with Gasteiger partial charge in [0, 0.05) is 11.1 Å². The number of aromatic amines is 3. The average Bonchev–Trinajstić information content (AvgIpc) is 1.25. The number of aliphatic hydroxyl groups is 1. The van der Waals surface area contributed by atoms with Gasteiger partial charge >= 0.3 is 37.1 Å². The summed E-state index contributed by atoms with van der Waals surface area (Å²) in [4.78, 5) is 22.6. The molecule has 36 heteroatoms. The van der Waals surface area contributed by atoms with Gasteiger partial charge in [-0.15, -0.1) is 0 Å². The maximum absolute atomic E-state index is 12.7. The Kier molecular flexibility index (Phi) is 23.9. The first-order valence-electron chi connectivity index (χ1n) is 32.4. The average molecular weight is 1620 g/mol. The number of primary sulfonamides is 1. The number of sulfonamides is 2. The number of imidazole rings is 3. The highest BCUT2D eigenvalue weighted by molar-refractivity contribution is 7.92. The maximum atomic E-state index is 12.7. The highest BCUT2D eigenvalue weighted by Gasteiger charge is 2.61. The Labute approximate surface area is 624 Å². The Morgan fingerprint density at radius 3 is 1.01 bits per heavy atom. The molecule has 0 aliphatic heterocycles. The van der Waals surface area contributed by atoms with E-state index in [9.17, 15) is 101 Å². The van der Waals surface area contributed by atoms with E-state index in [0.717, 1.165) is 70.4 Å². The summed E-state index contributed by atoms with van der Waals surface area (Å²) in [5, 5.41) is 15.8. The number of alkyl halides is 18. The molecule has 12 aromatic rings. The summed E-state index contributed by atoms with van der Waals surface area (Å²) in [6.07, 6.45) is -34.8. The van der Waals surface area contributed by atoms with Crippen LogP contribution in [0.3, 0.4) is 0 Å². The molecule has 112 heavy (non-hydrogen) atoms. The van der Waals surface area contributed by atoms with Crippen molar-refractivity contribution in [3.8, 4) is 50.6 Å². The fourth-order valence-corrected chi connectivity index (χ4v) is 12.3. The van der Waals surface area contributed by atoms with Crippen LogP contribution in [0.4, 0.5) is 84.7 Å². The van der Waals surface area contributed by atoms with Crippen molar-refractivity contribution < 1.29 is 115 Å². The van der Waals surface area contributed by atoms with Crippen molar-refractivity contribution >= 4 is 95.3 Å². The number of nitrogens with zero attached hydrogens (tertiary/aromatic N) is 3. The number of anilines is 1. The Hall–Kier alpha value is -11.6. The lowest BCUT2D eigenvalue weighted by molar-refractivity contribution is -0.300. The van der Waals surface area contributed by atoms with Crippen molar-refractivity contribution in [3.63, 3.8) is 0 Å². The lowest BCUT2D eigenvalue weighted by Crippen LogP contribution is -2.46. The van der Waals surface area contributed by atoms with E-state index in [1.54, 1.807) is 129 Å². The lowest BCUT2D eigenvalue weighted by atomic mass is 9.89. The second kappa shape index (κ2) is 32.4. The van der Waals surface area contributed by atoms with Crippen LogP contribution in [0.2, 0.25) is 0 Å². The van der Waals surface area contributed by atoms with Crippen LogP contribution in [-0.4, -0.2) is 113 Å². The van der Waals surface area contributed by atoms with Crippen LogP contribution < -0.4 is 24.1 Å². The van der Waals surface area contributed by atoms with E-state index in [-0.39, 0.29) is 4.90 Å². The minimum atomic E-state index is -5.61. The van der Waals surface area contributed by atoms with Gasteiger partial charge in [0.25, 0.3) is 18.3 Å². The third kappa shape index (κ3) is 21.9. The third-order valence-corrected chi connectivity index (χ3v) is 17.5. The largest absolute Gasteiger partial charge is 0.471 e. The molecule has 0 aliphatic carbocycles. The van der Waals surface area contributed by atoms with E-state index in [0.29, 0.717) is 84.1 Å². The van der Waals surface area contributed by atoms with Crippen LogP contribution in [0, 0.1) is 0 Å². The topological polar surface area (TPSA) is 240 Å². The number of rotatable bonds is 19. The molecule has 0 radical (unpaired) electrons. The number of hydrogen-bond acceptors (Lipinski definition) is 11. The Balaban J connectivity index is 0.000000178. The van der Waals surface area contributed by atoms with Crippen molar-refractivity contribution in [2.75, 3.05) is 11.0 Å². The molecule has 0 saturated heterocycles. The van der Waals surface area contributed by atoms with Gasteiger partial charge in [0.2, 0.25) is 20.0 Å². The first-order valence-corrected chi connectivity index (χ1v) is 35.8. The van der Waals surface area contributed by atoms with E-state index in [1.165, 1.54) is 42.5 Å². The summed E-state index contributed by atoms with van der Waals surface area (Å²) in [6, 6.07) is 50.7. The first-order chi connectivity index (χ1) is 52.1. The number of halogens is 18. The summed E-state index contributed by atoms with van der Waals surface area (Å²) in [6.45, 7) is 3.43. The molecule has 0 aliphatic rings. The summed E-state index contributed by atoms with van der Waals surface area (Å²) in [5.74, 6) is -0.385. The van der Waals surface area contributed by atoms with Crippen molar-refractivity contribution in [1.29, 1.82) is 0 Å². The van der Waals surface area contributed by atoms with Gasteiger partial charge in [-0.1, -0.05) is 133 Å². The lowest BCUT2D eigenvalue weighted by Gasteiger charge is -2.23. The molecule has 0 amide bonds. The Morgan fingerprint density at radius 2 is 0.688 bits per heavy atom. The monoisotopic (exact) mass is 1620 g/mol. The summed E-state index contributed by atoms with van der Waals surface area (Å²) in [5.41, 5.74) is 9.66. The minimum Gasteiger partial charge on any atom is -0.471 e. The van der Waals surface area contributed by atoms with Crippen LogP contribution in [0.5, 0.6) is 17.2 Å². The molecule has 0 spiro atoms. The second-order valence-corrected chi connectivity index (χ2v) is 28.4. The SMILES string of the molecule is CC(C)(O)c1ccccc1-c1ccc2nc(/C=C/c3ccc(OC(C(F)(F)F)C(F)(F)F)cc3)[nH]c2c1.CS(=O)(=O)Nc1ccccc1-c1ccc2nc(/C=C/c3ccc(OC(C(F)(F)F)C(F)(F)F)cc3)[nH]c2c1.NS(=O)(=O)c1ccccc1-c1ccc2nc(/C=C/c3ccc(OC(C(F)(F)F)C(F)(F)F)cc3)[nH]c2c1. The minimum absolute atomic E-state index is 0.0294. The number of para-hydroxylation sites is 1. The Bertz CT molecular complexity index is 5610. The summed E-state index contributed by atoms with van der Waals surface area (Å²) < 4.78 is 291. The second-order valence-electron chi connectivity index (χ2n) is 25.1. The fourth-order valence-electron chi connectivity index (χ4n) is 10.9.